The summed E-state index contributed by atoms with van der Waals surface area (Å²) in [5.74, 6) is -0.291. The molecule has 3 rings (SSSR count). The molecule has 132 valence electrons. The van der Waals surface area contributed by atoms with Crippen molar-refractivity contribution in [3.8, 4) is 0 Å². The molecule has 24 heavy (non-hydrogen) atoms. The first-order chi connectivity index (χ1) is 11.3. The normalized spacial score (nSPS) is 22.7. The predicted octanol–water partition coefficient (Wildman–Crippen LogP) is -0.740. The van der Waals surface area contributed by atoms with E-state index in [0.717, 1.165) is 0 Å². The second-order valence-electron chi connectivity index (χ2n) is 6.09. The molecule has 2 saturated heterocycles. The number of sulfonamides is 1. The van der Waals surface area contributed by atoms with Crippen LogP contribution in [-0.2, 0) is 19.6 Å². The van der Waals surface area contributed by atoms with Crippen LogP contribution in [0.1, 0.15) is 17.9 Å². The van der Waals surface area contributed by atoms with Gasteiger partial charge in [-0.1, -0.05) is 5.16 Å². The van der Waals surface area contributed by atoms with Crippen LogP contribution in [0.5, 0.6) is 0 Å². The SMILES string of the molecule is Cc1noc(C)c1S(=O)(=O)N1CCN(C(=O)C2CNC(=O)C2)CC1. The molecule has 0 bridgehead atoms. The monoisotopic (exact) mass is 356 g/mol. The first-order valence-electron chi connectivity index (χ1n) is 7.79. The highest BCUT2D eigenvalue weighted by Gasteiger charge is 2.37. The van der Waals surface area contributed by atoms with Crippen LogP contribution in [0.15, 0.2) is 9.42 Å². The van der Waals surface area contributed by atoms with Crippen molar-refractivity contribution in [3.05, 3.63) is 11.5 Å². The Morgan fingerprint density at radius 2 is 1.92 bits per heavy atom. The number of aryl methyl sites for hydroxylation is 2. The number of amides is 2. The number of nitrogens with zero attached hydrogens (tertiary/aromatic N) is 3. The maximum Gasteiger partial charge on any atom is 0.248 e. The lowest BCUT2D eigenvalue weighted by atomic mass is 10.1. The predicted molar refractivity (Wildman–Crippen MR) is 82.4 cm³/mol. The summed E-state index contributed by atoms with van der Waals surface area (Å²) >= 11 is 0. The summed E-state index contributed by atoms with van der Waals surface area (Å²) in [6.07, 6.45) is 0.205. The number of carbonyl (C=O) groups excluding carboxylic acids is 2. The molecule has 1 unspecified atom stereocenters. The average Bonchev–Trinajstić information content (AvgIpc) is 3.12. The summed E-state index contributed by atoms with van der Waals surface area (Å²) in [6, 6.07) is 0. The van der Waals surface area contributed by atoms with Crippen LogP contribution in [0, 0.1) is 19.8 Å². The molecule has 9 nitrogen and oxygen atoms in total. The Hall–Kier alpha value is -1.94. The number of nitrogens with one attached hydrogen (secondary N) is 1. The number of hydrogen-bond donors (Lipinski definition) is 1. The van der Waals surface area contributed by atoms with E-state index in [1.54, 1.807) is 18.7 Å². The number of aromatic nitrogens is 1. The lowest BCUT2D eigenvalue weighted by Crippen LogP contribution is -2.52. The van der Waals surface area contributed by atoms with Gasteiger partial charge in [-0.25, -0.2) is 8.42 Å². The summed E-state index contributed by atoms with van der Waals surface area (Å²) in [7, 11) is -3.68. The molecule has 0 aromatic carbocycles. The summed E-state index contributed by atoms with van der Waals surface area (Å²) in [4.78, 5) is 25.3. The molecule has 10 heteroatoms. The second kappa shape index (κ2) is 6.17. The lowest BCUT2D eigenvalue weighted by molar-refractivity contribution is -0.136. The Labute approximate surface area is 140 Å². The van der Waals surface area contributed by atoms with Crippen molar-refractivity contribution in [2.24, 2.45) is 5.92 Å². The molecule has 3 heterocycles. The fourth-order valence-electron chi connectivity index (χ4n) is 3.16. The molecule has 2 amide bonds. The molecule has 1 atom stereocenters. The van der Waals surface area contributed by atoms with Crippen LogP contribution < -0.4 is 5.32 Å². The van der Waals surface area contributed by atoms with Gasteiger partial charge in [0, 0.05) is 39.1 Å². The van der Waals surface area contributed by atoms with E-state index in [-0.39, 0.29) is 47.9 Å². The first kappa shape index (κ1) is 16.9. The zero-order valence-corrected chi connectivity index (χ0v) is 14.4. The summed E-state index contributed by atoms with van der Waals surface area (Å²) < 4.78 is 31.8. The molecule has 1 aromatic rings. The number of carbonyl (C=O) groups is 2. The smallest absolute Gasteiger partial charge is 0.248 e. The second-order valence-corrected chi connectivity index (χ2v) is 7.96. The maximum absolute atomic E-state index is 12.7. The molecular formula is C14H20N4O5S. The van der Waals surface area contributed by atoms with Crippen molar-refractivity contribution >= 4 is 21.8 Å². The van der Waals surface area contributed by atoms with E-state index < -0.39 is 10.0 Å². The molecule has 1 N–H and O–H groups in total. The van der Waals surface area contributed by atoms with E-state index in [4.69, 9.17) is 4.52 Å². The van der Waals surface area contributed by atoms with Crippen molar-refractivity contribution < 1.29 is 22.5 Å². The average molecular weight is 356 g/mol. The zero-order valence-electron chi connectivity index (χ0n) is 13.6. The van der Waals surface area contributed by atoms with Gasteiger partial charge in [-0.2, -0.15) is 4.31 Å². The number of rotatable bonds is 3. The van der Waals surface area contributed by atoms with Gasteiger partial charge in [-0.05, 0) is 13.8 Å². The van der Waals surface area contributed by atoms with E-state index in [1.807, 2.05) is 0 Å². The minimum atomic E-state index is -3.68. The van der Waals surface area contributed by atoms with Gasteiger partial charge in [0.05, 0.1) is 5.92 Å². The number of piperazine rings is 1. The lowest BCUT2D eigenvalue weighted by Gasteiger charge is -2.35. The summed E-state index contributed by atoms with van der Waals surface area (Å²) in [5.41, 5.74) is 0.335. The Morgan fingerprint density at radius 3 is 2.42 bits per heavy atom. The third-order valence-corrected chi connectivity index (χ3v) is 6.59. The maximum atomic E-state index is 12.7. The van der Waals surface area contributed by atoms with Gasteiger partial charge in [0.1, 0.15) is 10.6 Å². The minimum Gasteiger partial charge on any atom is -0.360 e. The molecule has 0 saturated carbocycles. The summed E-state index contributed by atoms with van der Waals surface area (Å²) in [6.45, 7) is 4.57. The Bertz CT molecular complexity index is 745. The molecule has 0 aliphatic carbocycles. The van der Waals surface area contributed by atoms with Crippen LogP contribution in [-0.4, -0.2) is 67.3 Å². The molecular weight excluding hydrogens is 336 g/mol. The van der Waals surface area contributed by atoms with Crippen molar-refractivity contribution in [1.29, 1.82) is 0 Å². The standard InChI is InChI=1S/C14H20N4O5S/c1-9-13(10(2)23-16-9)24(21,22)18-5-3-17(4-6-18)14(20)11-7-12(19)15-8-11/h11H,3-8H2,1-2H3,(H,15,19). The topological polar surface area (TPSA) is 113 Å². The van der Waals surface area contributed by atoms with Crippen molar-refractivity contribution in [1.82, 2.24) is 19.7 Å². The first-order valence-corrected chi connectivity index (χ1v) is 9.23. The molecule has 0 radical (unpaired) electrons. The van der Waals surface area contributed by atoms with Gasteiger partial charge in [0.25, 0.3) is 0 Å². The number of hydrogen-bond acceptors (Lipinski definition) is 6. The highest BCUT2D eigenvalue weighted by molar-refractivity contribution is 7.89. The van der Waals surface area contributed by atoms with Crippen LogP contribution >= 0.6 is 0 Å². The fraction of sp³-hybridized carbons (Fsp3) is 0.643. The van der Waals surface area contributed by atoms with Gasteiger partial charge in [-0.15, -0.1) is 0 Å². The molecule has 1 aromatic heterocycles. The minimum absolute atomic E-state index is 0.0947. The Kier molecular flexibility index (Phi) is 4.35. The van der Waals surface area contributed by atoms with E-state index in [1.165, 1.54) is 4.31 Å². The van der Waals surface area contributed by atoms with E-state index in [0.29, 0.717) is 25.3 Å². The molecule has 2 fully saturated rings. The molecule has 0 spiro atoms. The van der Waals surface area contributed by atoms with Crippen LogP contribution in [0.2, 0.25) is 0 Å². The van der Waals surface area contributed by atoms with Gasteiger partial charge in [0.2, 0.25) is 21.8 Å². The molecule has 2 aliphatic heterocycles. The van der Waals surface area contributed by atoms with Crippen molar-refractivity contribution in [2.45, 2.75) is 25.2 Å². The Balaban J connectivity index is 1.67. The van der Waals surface area contributed by atoms with Crippen LogP contribution in [0.4, 0.5) is 0 Å². The quantitative estimate of drug-likeness (QED) is 0.763. The van der Waals surface area contributed by atoms with Crippen LogP contribution in [0.25, 0.3) is 0 Å². The highest BCUT2D eigenvalue weighted by Crippen LogP contribution is 2.24. The van der Waals surface area contributed by atoms with E-state index >= 15 is 0 Å². The van der Waals surface area contributed by atoms with Gasteiger partial charge >= 0.3 is 0 Å². The van der Waals surface area contributed by atoms with Crippen molar-refractivity contribution in [2.75, 3.05) is 32.7 Å². The largest absolute Gasteiger partial charge is 0.360 e. The third kappa shape index (κ3) is 2.91. The Morgan fingerprint density at radius 1 is 1.25 bits per heavy atom. The molecule has 2 aliphatic rings. The fourth-order valence-corrected chi connectivity index (χ4v) is 4.87. The van der Waals surface area contributed by atoms with Gasteiger partial charge in [0.15, 0.2) is 5.76 Å². The van der Waals surface area contributed by atoms with E-state index in [9.17, 15) is 18.0 Å². The summed E-state index contributed by atoms with van der Waals surface area (Å²) in [5, 5.41) is 6.34. The highest BCUT2D eigenvalue weighted by atomic mass is 32.2. The van der Waals surface area contributed by atoms with Crippen molar-refractivity contribution in [3.63, 3.8) is 0 Å². The van der Waals surface area contributed by atoms with Gasteiger partial charge < -0.3 is 14.7 Å². The van der Waals surface area contributed by atoms with E-state index in [2.05, 4.69) is 10.5 Å². The zero-order chi connectivity index (χ0) is 17.5. The third-order valence-electron chi connectivity index (χ3n) is 4.44. The van der Waals surface area contributed by atoms with Crippen LogP contribution in [0.3, 0.4) is 0 Å². The van der Waals surface area contributed by atoms with Gasteiger partial charge in [-0.3, -0.25) is 9.59 Å².